The van der Waals surface area contributed by atoms with Crippen molar-refractivity contribution in [1.82, 2.24) is 4.98 Å². The largest absolute Gasteiger partial charge is 0.397 e. The summed E-state index contributed by atoms with van der Waals surface area (Å²) in [5.41, 5.74) is 8.21. The summed E-state index contributed by atoms with van der Waals surface area (Å²) < 4.78 is 14.5. The normalized spacial score (nSPS) is 13.7. The van der Waals surface area contributed by atoms with Crippen LogP contribution in [0.5, 0.6) is 0 Å². The van der Waals surface area contributed by atoms with E-state index >= 15 is 0 Å². The van der Waals surface area contributed by atoms with Gasteiger partial charge in [-0.25, -0.2) is 4.39 Å². The summed E-state index contributed by atoms with van der Waals surface area (Å²) >= 11 is 0. The van der Waals surface area contributed by atoms with Crippen molar-refractivity contribution in [1.29, 1.82) is 0 Å². The van der Waals surface area contributed by atoms with Gasteiger partial charge in [0.2, 0.25) is 0 Å². The van der Waals surface area contributed by atoms with Crippen molar-refractivity contribution >= 4 is 16.6 Å². The Labute approximate surface area is 135 Å². The Morgan fingerprint density at radius 1 is 1.39 bits per heavy atom. The van der Waals surface area contributed by atoms with Crippen molar-refractivity contribution in [3.05, 3.63) is 52.6 Å². The fraction of sp³-hybridized carbons (Fsp3) is 0.333. The molecular weight excluding hydrogens is 293 g/mol. The van der Waals surface area contributed by atoms with Crippen LogP contribution in [0, 0.1) is 12.7 Å². The van der Waals surface area contributed by atoms with Gasteiger partial charge < -0.3 is 10.8 Å². The number of hydrogen-bond donors (Lipinski definition) is 2. The Kier molecular flexibility index (Phi) is 4.52. The quantitative estimate of drug-likeness (QED) is 0.855. The summed E-state index contributed by atoms with van der Waals surface area (Å²) in [7, 11) is 1.62. The maximum atomic E-state index is 14.5. The molecule has 0 bridgehead atoms. The number of nitrogens with zero attached hydrogens (tertiary/aromatic N) is 2. The van der Waals surface area contributed by atoms with Gasteiger partial charge in [-0.1, -0.05) is 6.08 Å². The molecule has 3 N–H and O–H groups in total. The summed E-state index contributed by atoms with van der Waals surface area (Å²) in [6.45, 7) is 7.01. The molecule has 0 saturated carbocycles. The number of pyridine rings is 1. The van der Waals surface area contributed by atoms with E-state index in [1.54, 1.807) is 33.9 Å². The Hall–Kier alpha value is -2.27. The number of fused-ring (bicyclic) bond motifs is 1. The molecule has 0 atom stereocenters. The lowest BCUT2D eigenvalue weighted by Gasteiger charge is -2.21. The minimum absolute atomic E-state index is 0.272. The number of aliphatic hydroxyl groups is 1. The fourth-order valence-electron chi connectivity index (χ4n) is 2.70. The molecule has 0 spiro atoms. The Bertz CT molecular complexity index is 817. The molecule has 122 valence electrons. The van der Waals surface area contributed by atoms with Gasteiger partial charge in [0.25, 0.3) is 0 Å². The lowest BCUT2D eigenvalue weighted by molar-refractivity contribution is 0.0777. The van der Waals surface area contributed by atoms with Crippen LogP contribution in [0.3, 0.4) is 0 Å². The van der Waals surface area contributed by atoms with Crippen LogP contribution in [0.4, 0.5) is 4.39 Å². The molecule has 0 amide bonds. The maximum Gasteiger partial charge on any atom is 0.150 e. The van der Waals surface area contributed by atoms with Crippen LogP contribution in [0.1, 0.15) is 37.5 Å². The van der Waals surface area contributed by atoms with Gasteiger partial charge >= 0.3 is 0 Å². The van der Waals surface area contributed by atoms with Crippen molar-refractivity contribution in [3.63, 3.8) is 0 Å². The van der Waals surface area contributed by atoms with Crippen LogP contribution in [0.2, 0.25) is 0 Å². The molecule has 0 fully saturated rings. The highest BCUT2D eigenvalue weighted by Crippen LogP contribution is 2.30. The highest BCUT2D eigenvalue weighted by molar-refractivity contribution is 6.13. The topological polar surface area (TPSA) is 71.5 Å². The van der Waals surface area contributed by atoms with Gasteiger partial charge in [0.15, 0.2) is 0 Å². The summed E-state index contributed by atoms with van der Waals surface area (Å²) in [5.74, 6) is -0.437. The number of halogens is 1. The van der Waals surface area contributed by atoms with E-state index in [-0.39, 0.29) is 5.52 Å². The van der Waals surface area contributed by atoms with E-state index < -0.39 is 11.4 Å². The standard InChI is InChI=1S/C18H22FN3O/c1-6-15(20)16(21-5)11-7-12-10(2)13(18(3,4)23)9-22-17(12)14(19)8-11/h6-9,23H,20H2,1-5H3/b15-6+,21-16?. The number of aromatic nitrogens is 1. The van der Waals surface area contributed by atoms with E-state index in [0.717, 1.165) is 5.56 Å². The molecule has 2 aromatic rings. The van der Waals surface area contributed by atoms with Crippen LogP contribution in [0.15, 0.2) is 35.1 Å². The van der Waals surface area contributed by atoms with Gasteiger partial charge in [0.1, 0.15) is 11.3 Å². The van der Waals surface area contributed by atoms with Crippen LogP contribution in [-0.4, -0.2) is 22.8 Å². The molecule has 0 aliphatic heterocycles. The molecule has 0 saturated heterocycles. The van der Waals surface area contributed by atoms with E-state index in [9.17, 15) is 9.50 Å². The maximum absolute atomic E-state index is 14.5. The van der Waals surface area contributed by atoms with Crippen LogP contribution >= 0.6 is 0 Å². The Balaban J connectivity index is 2.81. The molecule has 1 aromatic heterocycles. The summed E-state index contributed by atoms with van der Waals surface area (Å²) in [6.07, 6.45) is 3.25. The third kappa shape index (κ3) is 3.10. The van der Waals surface area contributed by atoms with Gasteiger partial charge in [0.05, 0.1) is 17.0 Å². The molecule has 1 aromatic carbocycles. The number of benzene rings is 1. The Morgan fingerprint density at radius 2 is 2.04 bits per heavy atom. The Morgan fingerprint density at radius 3 is 2.57 bits per heavy atom. The first-order valence-corrected chi connectivity index (χ1v) is 7.41. The SMILES string of the molecule is C/C=C(/N)C(=NC)c1cc(F)c2ncc(C(C)(C)O)c(C)c2c1. The van der Waals surface area contributed by atoms with E-state index in [2.05, 4.69) is 9.98 Å². The minimum Gasteiger partial charge on any atom is -0.397 e. The number of nitrogens with two attached hydrogens (primary N) is 1. The first-order chi connectivity index (χ1) is 10.7. The fourth-order valence-corrected chi connectivity index (χ4v) is 2.70. The molecule has 2 rings (SSSR count). The number of aliphatic imine (C=N–C) groups is 1. The van der Waals surface area contributed by atoms with Gasteiger partial charge in [-0.2, -0.15) is 0 Å². The molecule has 0 aliphatic carbocycles. The second-order valence-corrected chi connectivity index (χ2v) is 6.03. The van der Waals surface area contributed by atoms with E-state index in [0.29, 0.717) is 27.9 Å². The predicted molar refractivity (Wildman–Crippen MR) is 92.1 cm³/mol. The number of hydrogen-bond acceptors (Lipinski definition) is 4. The minimum atomic E-state index is -1.05. The molecule has 1 heterocycles. The molecule has 0 unspecified atom stereocenters. The summed E-state index contributed by atoms with van der Waals surface area (Å²) in [6, 6.07) is 3.20. The summed E-state index contributed by atoms with van der Waals surface area (Å²) in [5, 5.41) is 10.9. The first-order valence-electron chi connectivity index (χ1n) is 7.41. The van der Waals surface area contributed by atoms with Crippen molar-refractivity contribution in [3.8, 4) is 0 Å². The highest BCUT2D eigenvalue weighted by atomic mass is 19.1. The zero-order chi connectivity index (χ0) is 17.4. The average Bonchev–Trinajstić information content (AvgIpc) is 2.47. The van der Waals surface area contributed by atoms with Crippen LogP contribution < -0.4 is 5.73 Å². The monoisotopic (exact) mass is 315 g/mol. The molecule has 23 heavy (non-hydrogen) atoms. The van der Waals surface area contributed by atoms with Crippen LogP contribution in [-0.2, 0) is 5.60 Å². The average molecular weight is 315 g/mol. The lowest BCUT2D eigenvalue weighted by atomic mass is 9.92. The molecule has 0 aliphatic rings. The van der Waals surface area contributed by atoms with Gasteiger partial charge in [-0.15, -0.1) is 0 Å². The van der Waals surface area contributed by atoms with Gasteiger partial charge in [0, 0.05) is 29.8 Å². The number of aryl methyl sites for hydroxylation is 1. The van der Waals surface area contributed by atoms with Gasteiger partial charge in [-0.3, -0.25) is 9.98 Å². The van der Waals surface area contributed by atoms with E-state index in [1.807, 2.05) is 13.0 Å². The molecule has 0 radical (unpaired) electrons. The van der Waals surface area contributed by atoms with Crippen molar-refractivity contribution < 1.29 is 9.50 Å². The van der Waals surface area contributed by atoms with Crippen molar-refractivity contribution in [2.75, 3.05) is 7.05 Å². The lowest BCUT2D eigenvalue weighted by Crippen LogP contribution is -2.18. The summed E-state index contributed by atoms with van der Waals surface area (Å²) in [4.78, 5) is 8.34. The first kappa shape index (κ1) is 17.1. The molecule has 5 heteroatoms. The molecule has 4 nitrogen and oxygen atoms in total. The van der Waals surface area contributed by atoms with E-state index in [4.69, 9.17) is 5.73 Å². The second-order valence-electron chi connectivity index (χ2n) is 6.03. The van der Waals surface area contributed by atoms with E-state index in [1.165, 1.54) is 12.3 Å². The highest BCUT2D eigenvalue weighted by Gasteiger charge is 2.22. The zero-order valence-corrected chi connectivity index (χ0v) is 14.1. The number of rotatable bonds is 3. The predicted octanol–water partition coefficient (Wildman–Crippen LogP) is 3.19. The smallest absolute Gasteiger partial charge is 0.150 e. The van der Waals surface area contributed by atoms with Gasteiger partial charge in [-0.05, 0) is 45.4 Å². The second kappa shape index (κ2) is 6.08. The van der Waals surface area contributed by atoms with Crippen molar-refractivity contribution in [2.24, 2.45) is 10.7 Å². The number of allylic oxidation sites excluding steroid dienone is 2. The van der Waals surface area contributed by atoms with Crippen LogP contribution in [0.25, 0.3) is 10.9 Å². The van der Waals surface area contributed by atoms with Crippen molar-refractivity contribution in [2.45, 2.75) is 33.3 Å². The molecular formula is C18H22FN3O. The zero-order valence-electron chi connectivity index (χ0n) is 14.1. The third-order valence-corrected chi connectivity index (χ3v) is 3.93. The third-order valence-electron chi connectivity index (χ3n) is 3.93.